The lowest BCUT2D eigenvalue weighted by Crippen LogP contribution is -2.41. The molecule has 1 aliphatic rings. The van der Waals surface area contributed by atoms with Gasteiger partial charge in [0.15, 0.2) is 0 Å². The van der Waals surface area contributed by atoms with Crippen molar-refractivity contribution in [3.8, 4) is 0 Å². The molecule has 0 bridgehead atoms. The van der Waals surface area contributed by atoms with E-state index in [1.54, 1.807) is 0 Å². The van der Waals surface area contributed by atoms with Crippen molar-refractivity contribution in [2.45, 2.75) is 65.1 Å². The number of benzene rings is 2. The minimum atomic E-state index is -0.300. The maximum absolute atomic E-state index is 6.30. The van der Waals surface area contributed by atoms with Gasteiger partial charge in [0.1, 0.15) is 0 Å². The third-order valence-corrected chi connectivity index (χ3v) is 5.31. The molecule has 0 saturated carbocycles. The van der Waals surface area contributed by atoms with Crippen molar-refractivity contribution in [3.05, 3.63) is 42.0 Å². The Balaban J connectivity index is 2.05. The van der Waals surface area contributed by atoms with Crippen LogP contribution in [0.5, 0.6) is 0 Å². The number of unbranched alkanes of at least 4 members (excludes halogenated alkanes) is 1. The predicted molar refractivity (Wildman–Crippen MR) is 98.3 cm³/mol. The van der Waals surface area contributed by atoms with Gasteiger partial charge >= 0.3 is 7.12 Å². The molecular formula is C20H27BO2. The second kappa shape index (κ2) is 5.96. The molecule has 0 atom stereocenters. The minimum absolute atomic E-state index is 0.281. The molecule has 2 aromatic carbocycles. The highest BCUT2D eigenvalue weighted by atomic mass is 16.7. The Morgan fingerprint density at radius 2 is 1.48 bits per heavy atom. The predicted octanol–water partition coefficient (Wildman–Crippen LogP) is 4.48. The van der Waals surface area contributed by atoms with E-state index in [4.69, 9.17) is 9.31 Å². The van der Waals surface area contributed by atoms with Crippen LogP contribution in [-0.4, -0.2) is 18.3 Å². The van der Waals surface area contributed by atoms with Crippen LogP contribution in [0.15, 0.2) is 36.4 Å². The van der Waals surface area contributed by atoms with E-state index in [1.807, 2.05) is 0 Å². The van der Waals surface area contributed by atoms with Gasteiger partial charge in [0.05, 0.1) is 11.2 Å². The number of rotatable bonds is 4. The zero-order valence-electron chi connectivity index (χ0n) is 15.0. The Morgan fingerprint density at radius 1 is 0.913 bits per heavy atom. The fourth-order valence-corrected chi connectivity index (χ4v) is 3.08. The average molecular weight is 310 g/mol. The molecule has 2 nitrogen and oxygen atoms in total. The molecule has 2 aromatic rings. The Bertz CT molecular complexity index is 690. The summed E-state index contributed by atoms with van der Waals surface area (Å²) in [5.41, 5.74) is 1.94. The first-order valence-corrected chi connectivity index (χ1v) is 8.71. The van der Waals surface area contributed by atoms with E-state index in [1.165, 1.54) is 34.6 Å². The van der Waals surface area contributed by atoms with Crippen molar-refractivity contribution >= 4 is 23.4 Å². The SMILES string of the molecule is CCCCc1cc2ccccc2cc1B1OC(C)(C)C(C)(C)O1. The van der Waals surface area contributed by atoms with Crippen LogP contribution in [0.4, 0.5) is 0 Å². The molecule has 0 radical (unpaired) electrons. The maximum Gasteiger partial charge on any atom is 0.495 e. The summed E-state index contributed by atoms with van der Waals surface area (Å²) in [5, 5.41) is 2.54. The smallest absolute Gasteiger partial charge is 0.399 e. The van der Waals surface area contributed by atoms with Crippen molar-refractivity contribution in [1.82, 2.24) is 0 Å². The van der Waals surface area contributed by atoms with Crippen molar-refractivity contribution < 1.29 is 9.31 Å². The summed E-state index contributed by atoms with van der Waals surface area (Å²) in [5.74, 6) is 0. The minimum Gasteiger partial charge on any atom is -0.399 e. The number of hydrogen-bond donors (Lipinski definition) is 0. The van der Waals surface area contributed by atoms with E-state index in [-0.39, 0.29) is 18.3 Å². The van der Waals surface area contributed by atoms with Crippen LogP contribution in [-0.2, 0) is 15.7 Å². The summed E-state index contributed by atoms with van der Waals surface area (Å²) in [4.78, 5) is 0. The molecule has 1 heterocycles. The Morgan fingerprint density at radius 3 is 2.04 bits per heavy atom. The van der Waals surface area contributed by atoms with Gasteiger partial charge in [0, 0.05) is 0 Å². The molecular weight excluding hydrogens is 283 g/mol. The third-order valence-electron chi connectivity index (χ3n) is 5.31. The van der Waals surface area contributed by atoms with Gasteiger partial charge in [-0.25, -0.2) is 0 Å². The van der Waals surface area contributed by atoms with Crippen LogP contribution in [0.2, 0.25) is 0 Å². The zero-order chi connectivity index (χ0) is 16.7. The second-order valence-electron chi connectivity index (χ2n) is 7.59. The number of aryl methyl sites for hydroxylation is 1. The van der Waals surface area contributed by atoms with Gasteiger partial charge in [-0.3, -0.25) is 0 Å². The van der Waals surface area contributed by atoms with Crippen molar-refractivity contribution in [1.29, 1.82) is 0 Å². The van der Waals surface area contributed by atoms with Crippen LogP contribution < -0.4 is 5.46 Å². The van der Waals surface area contributed by atoms with Gasteiger partial charge in [0.25, 0.3) is 0 Å². The topological polar surface area (TPSA) is 18.5 Å². The number of hydrogen-bond acceptors (Lipinski definition) is 2. The van der Waals surface area contributed by atoms with E-state index in [0.29, 0.717) is 0 Å². The van der Waals surface area contributed by atoms with Crippen molar-refractivity contribution in [2.24, 2.45) is 0 Å². The first-order valence-electron chi connectivity index (χ1n) is 8.71. The molecule has 0 amide bonds. The van der Waals surface area contributed by atoms with Gasteiger partial charge in [-0.2, -0.15) is 0 Å². The van der Waals surface area contributed by atoms with Crippen LogP contribution in [0.1, 0.15) is 53.0 Å². The van der Waals surface area contributed by atoms with Crippen molar-refractivity contribution in [2.75, 3.05) is 0 Å². The summed E-state index contributed by atoms with van der Waals surface area (Å²) in [7, 11) is -0.281. The Hall–Kier alpha value is -1.32. The van der Waals surface area contributed by atoms with E-state index < -0.39 is 0 Å². The standard InChI is InChI=1S/C20H27BO2/c1-6-7-10-17-13-15-11-8-9-12-16(15)14-18(17)21-22-19(2,3)20(4,5)23-21/h8-9,11-14H,6-7,10H2,1-5H3. The molecule has 23 heavy (non-hydrogen) atoms. The highest BCUT2D eigenvalue weighted by Crippen LogP contribution is 2.37. The molecule has 1 saturated heterocycles. The van der Waals surface area contributed by atoms with Gasteiger partial charge in [-0.15, -0.1) is 0 Å². The molecule has 1 aliphatic heterocycles. The Kier molecular flexibility index (Phi) is 4.28. The fourth-order valence-electron chi connectivity index (χ4n) is 3.08. The monoisotopic (exact) mass is 310 g/mol. The summed E-state index contributed by atoms with van der Waals surface area (Å²) < 4.78 is 12.6. The molecule has 1 fully saturated rings. The summed E-state index contributed by atoms with van der Waals surface area (Å²) in [6, 6.07) is 13.1. The molecule has 122 valence electrons. The molecule has 3 rings (SSSR count). The lowest BCUT2D eigenvalue weighted by atomic mass is 9.74. The van der Waals surface area contributed by atoms with Crippen LogP contribution in [0.3, 0.4) is 0 Å². The second-order valence-corrected chi connectivity index (χ2v) is 7.59. The van der Waals surface area contributed by atoms with Crippen molar-refractivity contribution in [3.63, 3.8) is 0 Å². The summed E-state index contributed by atoms with van der Waals surface area (Å²) in [6.07, 6.45) is 3.45. The van der Waals surface area contributed by atoms with Gasteiger partial charge in [-0.05, 0) is 62.3 Å². The van der Waals surface area contributed by atoms with E-state index in [2.05, 4.69) is 71.0 Å². The summed E-state index contributed by atoms with van der Waals surface area (Å²) in [6.45, 7) is 10.7. The van der Waals surface area contributed by atoms with Crippen LogP contribution in [0, 0.1) is 0 Å². The van der Waals surface area contributed by atoms with Crippen LogP contribution >= 0.6 is 0 Å². The van der Waals surface area contributed by atoms with Gasteiger partial charge < -0.3 is 9.31 Å². The third kappa shape index (κ3) is 3.05. The molecule has 3 heteroatoms. The first-order chi connectivity index (χ1) is 10.8. The molecule has 0 spiro atoms. The molecule has 0 N–H and O–H groups in total. The van der Waals surface area contributed by atoms with Gasteiger partial charge in [-0.1, -0.05) is 49.7 Å². The molecule has 0 aromatic heterocycles. The lowest BCUT2D eigenvalue weighted by molar-refractivity contribution is 0.00578. The maximum atomic E-state index is 6.30. The molecule has 0 unspecified atom stereocenters. The highest BCUT2D eigenvalue weighted by Gasteiger charge is 2.52. The number of fused-ring (bicyclic) bond motifs is 1. The lowest BCUT2D eigenvalue weighted by Gasteiger charge is -2.32. The van der Waals surface area contributed by atoms with Crippen LogP contribution in [0.25, 0.3) is 10.8 Å². The van der Waals surface area contributed by atoms with Gasteiger partial charge in [0.2, 0.25) is 0 Å². The fraction of sp³-hybridized carbons (Fsp3) is 0.500. The van der Waals surface area contributed by atoms with E-state index in [9.17, 15) is 0 Å². The first kappa shape index (κ1) is 16.5. The largest absolute Gasteiger partial charge is 0.495 e. The van der Waals surface area contributed by atoms with E-state index in [0.717, 1.165) is 6.42 Å². The highest BCUT2D eigenvalue weighted by molar-refractivity contribution is 6.63. The average Bonchev–Trinajstić information content (AvgIpc) is 2.72. The summed E-state index contributed by atoms with van der Waals surface area (Å²) >= 11 is 0. The zero-order valence-corrected chi connectivity index (χ0v) is 15.0. The molecule has 0 aliphatic carbocycles. The normalized spacial score (nSPS) is 19.4. The van der Waals surface area contributed by atoms with E-state index >= 15 is 0 Å². The Labute approximate surface area is 140 Å². The quantitative estimate of drug-likeness (QED) is 0.775.